The van der Waals surface area contributed by atoms with Crippen molar-refractivity contribution in [2.24, 2.45) is 0 Å². The highest BCUT2D eigenvalue weighted by Gasteiger charge is 2.14. The van der Waals surface area contributed by atoms with Crippen LogP contribution in [0.1, 0.15) is 22.2 Å². The average Bonchev–Trinajstić information content (AvgIpc) is 3.16. The van der Waals surface area contributed by atoms with Gasteiger partial charge in [-0.05, 0) is 39.4 Å². The third-order valence-electron chi connectivity index (χ3n) is 3.23. The van der Waals surface area contributed by atoms with Crippen LogP contribution in [-0.4, -0.2) is 11.1 Å². The smallest absolute Gasteiger partial charge is 0.269 e. The average molecular weight is 377 g/mol. The summed E-state index contributed by atoms with van der Waals surface area (Å²) in [5, 5.41) is 8.56. The maximum Gasteiger partial charge on any atom is 0.269 e. The molecule has 1 amide bonds. The van der Waals surface area contributed by atoms with Crippen molar-refractivity contribution in [3.05, 3.63) is 56.7 Å². The van der Waals surface area contributed by atoms with E-state index in [2.05, 4.69) is 45.5 Å². The molecule has 0 aliphatic heterocycles. The molecule has 0 fully saturated rings. The van der Waals surface area contributed by atoms with Crippen LogP contribution in [0.15, 0.2) is 50.8 Å². The first kappa shape index (κ1) is 15.0. The highest BCUT2D eigenvalue weighted by Crippen LogP contribution is 2.26. The number of halogens is 1. The van der Waals surface area contributed by atoms with Crippen LogP contribution < -0.4 is 5.32 Å². The van der Waals surface area contributed by atoms with Crippen LogP contribution in [0.3, 0.4) is 0 Å². The first-order valence-corrected chi connectivity index (χ1v) is 8.45. The Bertz CT molecular complexity index is 793. The SMILES string of the molecule is CCc1ccc(-c2cc(NC(=O)c3sccc3Br)on2)cc1. The van der Waals surface area contributed by atoms with E-state index in [0.29, 0.717) is 16.5 Å². The second-order valence-electron chi connectivity index (χ2n) is 4.68. The summed E-state index contributed by atoms with van der Waals surface area (Å²) >= 11 is 4.70. The minimum absolute atomic E-state index is 0.217. The fourth-order valence-corrected chi connectivity index (χ4v) is 3.45. The third kappa shape index (κ3) is 3.13. The number of carbonyl (C=O) groups excluding carboxylic acids is 1. The number of aromatic nitrogens is 1. The van der Waals surface area contributed by atoms with Gasteiger partial charge in [-0.15, -0.1) is 11.3 Å². The lowest BCUT2D eigenvalue weighted by Gasteiger charge is -1.98. The molecule has 0 radical (unpaired) electrons. The molecule has 0 bridgehead atoms. The number of thiophene rings is 1. The van der Waals surface area contributed by atoms with Gasteiger partial charge >= 0.3 is 0 Å². The van der Waals surface area contributed by atoms with Gasteiger partial charge in [-0.1, -0.05) is 36.3 Å². The monoisotopic (exact) mass is 376 g/mol. The van der Waals surface area contributed by atoms with E-state index in [0.717, 1.165) is 16.5 Å². The molecule has 3 aromatic rings. The number of aryl methyl sites for hydroxylation is 1. The van der Waals surface area contributed by atoms with Crippen LogP contribution in [0, 0.1) is 0 Å². The normalized spacial score (nSPS) is 10.6. The second kappa shape index (κ2) is 6.46. The Balaban J connectivity index is 1.76. The van der Waals surface area contributed by atoms with Gasteiger partial charge in [-0.2, -0.15) is 0 Å². The van der Waals surface area contributed by atoms with Gasteiger partial charge in [-0.25, -0.2) is 0 Å². The minimum Gasteiger partial charge on any atom is -0.338 e. The highest BCUT2D eigenvalue weighted by atomic mass is 79.9. The molecule has 3 rings (SSSR count). The molecule has 0 unspecified atom stereocenters. The summed E-state index contributed by atoms with van der Waals surface area (Å²) in [6, 6.07) is 11.7. The molecule has 0 aliphatic rings. The van der Waals surface area contributed by atoms with Crippen molar-refractivity contribution in [1.82, 2.24) is 5.16 Å². The van der Waals surface area contributed by atoms with E-state index in [1.165, 1.54) is 16.9 Å². The number of hydrogen-bond acceptors (Lipinski definition) is 4. The minimum atomic E-state index is -0.217. The number of rotatable bonds is 4. The van der Waals surface area contributed by atoms with Crippen molar-refractivity contribution in [1.29, 1.82) is 0 Å². The molecule has 0 spiro atoms. The van der Waals surface area contributed by atoms with E-state index < -0.39 is 0 Å². The van der Waals surface area contributed by atoms with Gasteiger partial charge < -0.3 is 4.52 Å². The van der Waals surface area contributed by atoms with Gasteiger partial charge in [0.1, 0.15) is 10.6 Å². The lowest BCUT2D eigenvalue weighted by atomic mass is 10.1. The summed E-state index contributed by atoms with van der Waals surface area (Å²) in [4.78, 5) is 12.7. The summed E-state index contributed by atoms with van der Waals surface area (Å²) in [7, 11) is 0. The van der Waals surface area contributed by atoms with Crippen molar-refractivity contribution in [2.75, 3.05) is 5.32 Å². The van der Waals surface area contributed by atoms with Gasteiger partial charge in [0.25, 0.3) is 5.91 Å². The van der Waals surface area contributed by atoms with E-state index in [1.807, 2.05) is 23.6 Å². The van der Waals surface area contributed by atoms with Crippen LogP contribution in [0.5, 0.6) is 0 Å². The van der Waals surface area contributed by atoms with Gasteiger partial charge in [0, 0.05) is 16.1 Å². The standard InChI is InChI=1S/C16H13BrN2O2S/c1-2-10-3-5-11(6-4-10)13-9-14(21-19-13)18-16(20)15-12(17)7-8-22-15/h3-9H,2H2,1H3,(H,18,20). The number of hydrogen-bond donors (Lipinski definition) is 1. The van der Waals surface area contributed by atoms with Crippen LogP contribution in [0.2, 0.25) is 0 Å². The molecule has 0 saturated carbocycles. The van der Waals surface area contributed by atoms with Crippen molar-refractivity contribution in [3.63, 3.8) is 0 Å². The van der Waals surface area contributed by atoms with E-state index in [4.69, 9.17) is 4.52 Å². The predicted molar refractivity (Wildman–Crippen MR) is 91.3 cm³/mol. The summed E-state index contributed by atoms with van der Waals surface area (Å²) < 4.78 is 5.96. The highest BCUT2D eigenvalue weighted by molar-refractivity contribution is 9.10. The topological polar surface area (TPSA) is 55.1 Å². The van der Waals surface area contributed by atoms with Gasteiger partial charge in [0.15, 0.2) is 0 Å². The van der Waals surface area contributed by atoms with E-state index in [1.54, 1.807) is 6.07 Å². The molecular weight excluding hydrogens is 364 g/mol. The Hall–Kier alpha value is -1.92. The maximum absolute atomic E-state index is 12.1. The van der Waals surface area contributed by atoms with Crippen LogP contribution >= 0.6 is 27.3 Å². The second-order valence-corrected chi connectivity index (χ2v) is 6.45. The molecule has 0 atom stereocenters. The van der Waals surface area contributed by atoms with Crippen molar-refractivity contribution >= 4 is 39.1 Å². The first-order valence-electron chi connectivity index (χ1n) is 6.77. The Morgan fingerprint density at radius 2 is 2.09 bits per heavy atom. The fourth-order valence-electron chi connectivity index (χ4n) is 2.01. The van der Waals surface area contributed by atoms with Crippen molar-refractivity contribution in [2.45, 2.75) is 13.3 Å². The predicted octanol–water partition coefficient (Wildman–Crippen LogP) is 4.98. The number of benzene rings is 1. The first-order chi connectivity index (χ1) is 10.7. The lowest BCUT2D eigenvalue weighted by molar-refractivity contribution is 0.102. The van der Waals surface area contributed by atoms with E-state index in [9.17, 15) is 4.79 Å². The summed E-state index contributed by atoms with van der Waals surface area (Å²) in [5.74, 6) is 0.116. The quantitative estimate of drug-likeness (QED) is 0.698. The van der Waals surface area contributed by atoms with Crippen LogP contribution in [-0.2, 0) is 6.42 Å². The summed E-state index contributed by atoms with van der Waals surface area (Å²) in [6.45, 7) is 2.11. The van der Waals surface area contributed by atoms with Gasteiger partial charge in [-0.3, -0.25) is 10.1 Å². The number of anilines is 1. The molecule has 22 heavy (non-hydrogen) atoms. The zero-order chi connectivity index (χ0) is 15.5. The van der Waals surface area contributed by atoms with Gasteiger partial charge in [0.2, 0.25) is 5.88 Å². The summed E-state index contributed by atoms with van der Waals surface area (Å²) in [6.07, 6.45) is 0.996. The van der Waals surface area contributed by atoms with Crippen LogP contribution in [0.25, 0.3) is 11.3 Å². The zero-order valence-electron chi connectivity index (χ0n) is 11.8. The maximum atomic E-state index is 12.1. The Morgan fingerprint density at radius 1 is 1.32 bits per heavy atom. The molecule has 112 valence electrons. The van der Waals surface area contributed by atoms with Crippen LogP contribution in [0.4, 0.5) is 5.88 Å². The fraction of sp³-hybridized carbons (Fsp3) is 0.125. The van der Waals surface area contributed by atoms with Crippen molar-refractivity contribution < 1.29 is 9.32 Å². The third-order valence-corrected chi connectivity index (χ3v) is 5.06. The number of nitrogens with zero attached hydrogens (tertiary/aromatic N) is 1. The van der Waals surface area contributed by atoms with E-state index >= 15 is 0 Å². The number of carbonyl (C=O) groups is 1. The Labute approximate surface area is 140 Å². The van der Waals surface area contributed by atoms with Gasteiger partial charge in [0.05, 0.1) is 0 Å². The molecule has 6 heteroatoms. The molecule has 2 aromatic heterocycles. The molecule has 1 aromatic carbocycles. The summed E-state index contributed by atoms with van der Waals surface area (Å²) in [5.41, 5.74) is 2.92. The number of amides is 1. The molecule has 0 aliphatic carbocycles. The van der Waals surface area contributed by atoms with Crippen molar-refractivity contribution in [3.8, 4) is 11.3 Å². The molecule has 2 heterocycles. The lowest BCUT2D eigenvalue weighted by Crippen LogP contribution is -2.09. The largest absolute Gasteiger partial charge is 0.338 e. The Morgan fingerprint density at radius 3 is 2.73 bits per heavy atom. The molecule has 1 N–H and O–H groups in total. The molecule has 0 saturated heterocycles. The molecular formula is C16H13BrN2O2S. The Kier molecular flexibility index (Phi) is 4.40. The number of nitrogens with one attached hydrogen (secondary N) is 1. The van der Waals surface area contributed by atoms with E-state index in [-0.39, 0.29) is 5.91 Å². The molecule has 4 nitrogen and oxygen atoms in total. The zero-order valence-corrected chi connectivity index (χ0v) is 14.2.